The Morgan fingerprint density at radius 3 is 2.79 bits per heavy atom. The molecule has 1 aromatic rings. The zero-order valence-electron chi connectivity index (χ0n) is 18.5. The van der Waals surface area contributed by atoms with Gasteiger partial charge in [0.15, 0.2) is 0 Å². The Kier molecular flexibility index (Phi) is 8.58. The molecular weight excluding hydrogens is 440 g/mol. The highest BCUT2D eigenvalue weighted by Gasteiger charge is 2.28. The van der Waals surface area contributed by atoms with Crippen LogP contribution in [0.5, 0.6) is 0 Å². The Morgan fingerprint density at radius 2 is 2.09 bits per heavy atom. The molecule has 0 unspecified atom stereocenters. The van der Waals surface area contributed by atoms with Gasteiger partial charge in [-0.1, -0.05) is 13.2 Å². The van der Waals surface area contributed by atoms with Gasteiger partial charge in [-0.3, -0.25) is 9.79 Å². The molecule has 0 aromatic carbocycles. The van der Waals surface area contributed by atoms with E-state index >= 15 is 0 Å². The molecule has 1 aromatic heterocycles. The van der Waals surface area contributed by atoms with Crippen LogP contribution in [0.25, 0.3) is 0 Å². The van der Waals surface area contributed by atoms with Crippen molar-refractivity contribution in [1.82, 2.24) is 4.90 Å². The minimum atomic E-state index is -0.352. The molecule has 33 heavy (non-hydrogen) atoms. The molecule has 1 atom stereocenters. The maximum absolute atomic E-state index is 12.3. The number of hydrogen-bond acceptors (Lipinski definition) is 7. The third-order valence-corrected chi connectivity index (χ3v) is 6.85. The van der Waals surface area contributed by atoms with Crippen molar-refractivity contribution in [2.24, 2.45) is 10.9 Å². The number of aliphatic imine (C=N–C) groups is 1. The first-order valence-corrected chi connectivity index (χ1v) is 11.7. The largest absolute Gasteiger partial charge is 0.449 e. The molecule has 0 spiro atoms. The fraction of sp³-hybridized carbons (Fsp3) is 0.417. The second-order valence-corrected chi connectivity index (χ2v) is 9.19. The third-order valence-electron chi connectivity index (χ3n) is 5.68. The maximum Gasteiger partial charge on any atom is 0.409 e. The quantitative estimate of drug-likeness (QED) is 0.361. The second-order valence-electron chi connectivity index (χ2n) is 8.08. The highest BCUT2D eigenvalue weighted by Crippen LogP contribution is 2.39. The number of nitrogens with zero attached hydrogens (tertiary/aromatic N) is 3. The molecular formula is C24H28N4O4S. The van der Waals surface area contributed by atoms with Gasteiger partial charge in [-0.2, -0.15) is 5.26 Å². The lowest BCUT2D eigenvalue weighted by Gasteiger charge is -2.30. The number of hydrogen-bond donors (Lipinski definition) is 2. The molecule has 2 heterocycles. The summed E-state index contributed by atoms with van der Waals surface area (Å²) in [5.41, 5.74) is 2.03. The molecule has 2 amide bonds. The number of carbonyl (C=O) groups is 2. The highest BCUT2D eigenvalue weighted by atomic mass is 32.1. The fourth-order valence-electron chi connectivity index (χ4n) is 3.86. The first kappa shape index (κ1) is 24.4. The standard InChI is InChI=1S/C24H28N4O4S/c1-3-26-14-16(2)4-7-22(30)27-23-20(13-25)19-6-5-17(12-21(19)33-23)15-32-24(31)28-10-8-18(29)9-11-28/h3-4,7,14,17-18,29H,1-2,5-6,8-12,15H2,(H,27,30)/b7-4+,26-14?/t17-/m1/s1. The van der Waals surface area contributed by atoms with Crippen LogP contribution < -0.4 is 5.32 Å². The summed E-state index contributed by atoms with van der Waals surface area (Å²) in [5, 5.41) is 22.6. The van der Waals surface area contributed by atoms with Crippen molar-refractivity contribution in [2.75, 3.05) is 25.0 Å². The number of rotatable bonds is 7. The number of fused-ring (bicyclic) bond motifs is 1. The number of aliphatic hydroxyl groups excluding tert-OH is 1. The van der Waals surface area contributed by atoms with E-state index in [1.54, 1.807) is 4.90 Å². The number of nitrogens with one attached hydrogen (secondary N) is 1. The van der Waals surface area contributed by atoms with E-state index in [4.69, 9.17) is 4.74 Å². The number of likely N-dealkylation sites (tertiary alicyclic amines) is 1. The summed E-state index contributed by atoms with van der Waals surface area (Å²) < 4.78 is 5.52. The molecule has 0 bridgehead atoms. The number of piperidine rings is 1. The minimum Gasteiger partial charge on any atom is -0.449 e. The SMILES string of the molecule is C=CN=CC(=C)/C=C/C(=O)Nc1sc2c(c1C#N)CC[C@@H](COC(=O)N1CCC(O)CC1)C2. The summed E-state index contributed by atoms with van der Waals surface area (Å²) in [6, 6.07) is 2.22. The van der Waals surface area contributed by atoms with Crippen molar-refractivity contribution >= 4 is 34.6 Å². The van der Waals surface area contributed by atoms with Crippen LogP contribution in [0.15, 0.2) is 42.1 Å². The van der Waals surface area contributed by atoms with E-state index in [0.29, 0.717) is 61.5 Å². The van der Waals surface area contributed by atoms with E-state index in [0.717, 1.165) is 16.9 Å². The summed E-state index contributed by atoms with van der Waals surface area (Å²) in [4.78, 5) is 31.1. The minimum absolute atomic E-state index is 0.165. The molecule has 1 fully saturated rings. The van der Waals surface area contributed by atoms with E-state index in [-0.39, 0.29) is 24.0 Å². The van der Waals surface area contributed by atoms with Crippen LogP contribution in [-0.4, -0.2) is 54.0 Å². The molecule has 8 nitrogen and oxygen atoms in total. The Labute approximate surface area is 197 Å². The van der Waals surface area contributed by atoms with Crippen LogP contribution in [0.1, 0.15) is 35.3 Å². The smallest absolute Gasteiger partial charge is 0.409 e. The van der Waals surface area contributed by atoms with Crippen molar-refractivity contribution in [3.05, 3.63) is 53.1 Å². The zero-order valence-corrected chi connectivity index (χ0v) is 19.3. The van der Waals surface area contributed by atoms with Gasteiger partial charge < -0.3 is 20.1 Å². The van der Waals surface area contributed by atoms with Crippen molar-refractivity contribution in [1.29, 1.82) is 5.26 Å². The Hall–Kier alpha value is -3.22. The van der Waals surface area contributed by atoms with E-state index in [2.05, 4.69) is 29.5 Å². The van der Waals surface area contributed by atoms with E-state index < -0.39 is 0 Å². The number of amides is 2. The van der Waals surface area contributed by atoms with Gasteiger partial charge in [-0.05, 0) is 55.2 Å². The summed E-state index contributed by atoms with van der Waals surface area (Å²) >= 11 is 1.40. The number of anilines is 1. The molecule has 2 N–H and O–H groups in total. The Balaban J connectivity index is 1.57. The van der Waals surface area contributed by atoms with Crippen molar-refractivity contribution in [3.8, 4) is 6.07 Å². The summed E-state index contributed by atoms with van der Waals surface area (Å²) in [6.45, 7) is 8.58. The first-order valence-electron chi connectivity index (χ1n) is 10.9. The molecule has 1 saturated heterocycles. The van der Waals surface area contributed by atoms with Crippen molar-refractivity contribution < 1.29 is 19.4 Å². The first-order chi connectivity index (χ1) is 15.9. The molecule has 1 aliphatic heterocycles. The molecule has 0 saturated carbocycles. The number of ether oxygens (including phenoxy) is 1. The van der Waals surface area contributed by atoms with Crippen LogP contribution >= 0.6 is 11.3 Å². The van der Waals surface area contributed by atoms with Crippen molar-refractivity contribution in [2.45, 2.75) is 38.2 Å². The van der Waals surface area contributed by atoms with Crippen molar-refractivity contribution in [3.63, 3.8) is 0 Å². The lowest BCUT2D eigenvalue weighted by Crippen LogP contribution is -2.41. The van der Waals surface area contributed by atoms with Crippen LogP contribution in [0.3, 0.4) is 0 Å². The monoisotopic (exact) mass is 468 g/mol. The molecule has 9 heteroatoms. The van der Waals surface area contributed by atoms with Gasteiger partial charge in [0.05, 0.1) is 18.3 Å². The molecule has 2 aliphatic rings. The average Bonchev–Trinajstić information content (AvgIpc) is 3.16. The number of carbonyl (C=O) groups excluding carboxylic acids is 2. The maximum atomic E-state index is 12.3. The lowest BCUT2D eigenvalue weighted by molar-refractivity contribution is -0.111. The average molecular weight is 469 g/mol. The highest BCUT2D eigenvalue weighted by molar-refractivity contribution is 7.16. The van der Waals surface area contributed by atoms with Gasteiger partial charge in [0.1, 0.15) is 11.1 Å². The number of aliphatic hydroxyl groups is 1. The molecule has 1 aliphatic carbocycles. The summed E-state index contributed by atoms with van der Waals surface area (Å²) in [7, 11) is 0. The van der Waals surface area contributed by atoms with Gasteiger partial charge in [-0.25, -0.2) is 4.79 Å². The third kappa shape index (κ3) is 6.63. The molecule has 3 rings (SSSR count). The molecule has 0 radical (unpaired) electrons. The van der Waals surface area contributed by atoms with Gasteiger partial charge in [0.25, 0.3) is 0 Å². The van der Waals surface area contributed by atoms with E-state index in [1.165, 1.54) is 35.9 Å². The normalized spacial score (nSPS) is 18.7. The number of thiophene rings is 1. The predicted molar refractivity (Wildman–Crippen MR) is 128 cm³/mol. The van der Waals surface area contributed by atoms with Crippen LogP contribution in [0, 0.1) is 17.2 Å². The summed E-state index contributed by atoms with van der Waals surface area (Å²) in [5.74, 6) is -0.187. The Bertz CT molecular complexity index is 1010. The van der Waals surface area contributed by atoms with Gasteiger partial charge in [0, 0.05) is 36.5 Å². The van der Waals surface area contributed by atoms with Crippen LogP contribution in [0.2, 0.25) is 0 Å². The van der Waals surface area contributed by atoms with Gasteiger partial charge >= 0.3 is 6.09 Å². The fourth-order valence-corrected chi connectivity index (χ4v) is 5.17. The Morgan fingerprint density at radius 1 is 1.33 bits per heavy atom. The second kappa shape index (κ2) is 11.6. The van der Waals surface area contributed by atoms with Gasteiger partial charge in [0.2, 0.25) is 5.91 Å². The molecule has 174 valence electrons. The summed E-state index contributed by atoms with van der Waals surface area (Å²) in [6.07, 6.45) is 8.43. The van der Waals surface area contributed by atoms with Crippen LogP contribution in [0.4, 0.5) is 9.80 Å². The number of allylic oxidation sites excluding steroid dienone is 2. The predicted octanol–water partition coefficient (Wildman–Crippen LogP) is 3.58. The van der Waals surface area contributed by atoms with Gasteiger partial charge in [-0.15, -0.1) is 11.3 Å². The van der Waals surface area contributed by atoms with Crippen LogP contribution in [-0.2, 0) is 22.4 Å². The lowest BCUT2D eigenvalue weighted by atomic mass is 9.88. The van der Waals surface area contributed by atoms with E-state index in [9.17, 15) is 20.0 Å². The van der Waals surface area contributed by atoms with E-state index in [1.807, 2.05) is 0 Å². The zero-order chi connectivity index (χ0) is 23.8. The topological polar surface area (TPSA) is 115 Å². The number of nitriles is 1.